The van der Waals surface area contributed by atoms with Gasteiger partial charge in [0.2, 0.25) is 0 Å². The van der Waals surface area contributed by atoms with Crippen LogP contribution in [-0.2, 0) is 14.3 Å². The average molecular weight is 337 g/mol. The van der Waals surface area contributed by atoms with Crippen LogP contribution in [0.15, 0.2) is 60.7 Å². The Kier molecular flexibility index (Phi) is 4.57. The van der Waals surface area contributed by atoms with Gasteiger partial charge >= 0.3 is 11.9 Å². The number of hydrogen-bond donors (Lipinski definition) is 1. The molecule has 0 fully saturated rings. The van der Waals surface area contributed by atoms with E-state index < -0.39 is 18.0 Å². The van der Waals surface area contributed by atoms with Crippen molar-refractivity contribution in [3.05, 3.63) is 60.7 Å². The highest BCUT2D eigenvalue weighted by molar-refractivity contribution is 6.08. The molecular weight excluding hydrogens is 318 g/mol. The summed E-state index contributed by atoms with van der Waals surface area (Å²) in [7, 11) is 0. The fourth-order valence-electron chi connectivity index (χ4n) is 2.98. The fourth-order valence-corrected chi connectivity index (χ4v) is 2.98. The van der Waals surface area contributed by atoms with Crippen LogP contribution in [0.25, 0.3) is 21.8 Å². The van der Waals surface area contributed by atoms with Crippen LogP contribution in [0.1, 0.15) is 19.4 Å². The maximum absolute atomic E-state index is 12.5. The molecule has 0 aliphatic heterocycles. The van der Waals surface area contributed by atoms with E-state index in [4.69, 9.17) is 9.84 Å². The SMILES string of the molecule is C=C(CCOC(=O)C(C)n1c2ccccc2c2ccccc21)C(=O)O. The second kappa shape index (κ2) is 6.81. The number of fused-ring (bicyclic) bond motifs is 3. The molecule has 1 aromatic heterocycles. The number of aromatic nitrogens is 1. The number of rotatable bonds is 6. The van der Waals surface area contributed by atoms with Crippen molar-refractivity contribution in [2.45, 2.75) is 19.4 Å². The van der Waals surface area contributed by atoms with Crippen LogP contribution in [0, 0.1) is 0 Å². The van der Waals surface area contributed by atoms with E-state index >= 15 is 0 Å². The van der Waals surface area contributed by atoms with Crippen LogP contribution in [0.3, 0.4) is 0 Å². The standard InChI is InChI=1S/C20H19NO4/c1-13(19(22)23)11-12-25-20(24)14(2)21-17-9-5-3-7-15(17)16-8-4-6-10-18(16)21/h3-10,14H,1,11-12H2,2H3,(H,22,23). The van der Waals surface area contributed by atoms with Gasteiger partial charge in [0, 0.05) is 33.8 Å². The average Bonchev–Trinajstić information content (AvgIpc) is 2.95. The largest absolute Gasteiger partial charge is 0.478 e. The van der Waals surface area contributed by atoms with Gasteiger partial charge in [-0.2, -0.15) is 0 Å². The zero-order chi connectivity index (χ0) is 18.0. The van der Waals surface area contributed by atoms with Crippen LogP contribution in [-0.4, -0.2) is 28.2 Å². The summed E-state index contributed by atoms with van der Waals surface area (Å²) in [5, 5.41) is 11.0. The van der Waals surface area contributed by atoms with Crippen molar-refractivity contribution in [3.8, 4) is 0 Å². The van der Waals surface area contributed by atoms with Gasteiger partial charge in [-0.25, -0.2) is 9.59 Å². The van der Waals surface area contributed by atoms with Crippen molar-refractivity contribution in [2.75, 3.05) is 6.61 Å². The number of carboxylic acid groups (broad SMARTS) is 1. The molecular formula is C20H19NO4. The third kappa shape index (κ3) is 3.13. The van der Waals surface area contributed by atoms with Gasteiger partial charge in [-0.05, 0) is 19.1 Å². The molecule has 0 aliphatic carbocycles. The topological polar surface area (TPSA) is 68.5 Å². The summed E-state index contributed by atoms with van der Waals surface area (Å²) in [5.74, 6) is -1.48. The Morgan fingerprint density at radius 3 is 2.12 bits per heavy atom. The Hall–Kier alpha value is -3.08. The molecule has 0 amide bonds. The smallest absolute Gasteiger partial charge is 0.331 e. The fraction of sp³-hybridized carbons (Fsp3) is 0.200. The van der Waals surface area contributed by atoms with Gasteiger partial charge in [0.05, 0.1) is 6.61 Å². The van der Waals surface area contributed by atoms with Gasteiger partial charge in [-0.15, -0.1) is 0 Å². The minimum absolute atomic E-state index is 0.00540. The molecule has 1 N–H and O–H groups in total. The van der Waals surface area contributed by atoms with Gasteiger partial charge in [0.15, 0.2) is 0 Å². The molecule has 128 valence electrons. The number of benzene rings is 2. The maximum Gasteiger partial charge on any atom is 0.331 e. The Morgan fingerprint density at radius 2 is 1.60 bits per heavy atom. The molecule has 1 unspecified atom stereocenters. The Labute approximate surface area is 145 Å². The van der Waals surface area contributed by atoms with E-state index in [1.165, 1.54) is 0 Å². The normalized spacial score (nSPS) is 12.2. The number of carbonyl (C=O) groups is 2. The Morgan fingerprint density at radius 1 is 1.08 bits per heavy atom. The highest BCUT2D eigenvalue weighted by Gasteiger charge is 2.21. The highest BCUT2D eigenvalue weighted by atomic mass is 16.5. The van der Waals surface area contributed by atoms with E-state index in [0.717, 1.165) is 21.8 Å². The van der Waals surface area contributed by atoms with Crippen LogP contribution in [0.4, 0.5) is 0 Å². The van der Waals surface area contributed by atoms with Crippen molar-refractivity contribution in [2.24, 2.45) is 0 Å². The minimum Gasteiger partial charge on any atom is -0.478 e. The lowest BCUT2D eigenvalue weighted by molar-refractivity contribution is -0.147. The molecule has 0 saturated heterocycles. The third-order valence-corrected chi connectivity index (χ3v) is 4.30. The molecule has 0 bridgehead atoms. The number of nitrogens with zero attached hydrogens (tertiary/aromatic N) is 1. The molecule has 2 aromatic carbocycles. The summed E-state index contributed by atoms with van der Waals surface area (Å²) in [6.45, 7) is 5.22. The van der Waals surface area contributed by atoms with Crippen LogP contribution >= 0.6 is 0 Å². The summed E-state index contributed by atoms with van der Waals surface area (Å²) < 4.78 is 7.22. The lowest BCUT2D eigenvalue weighted by Gasteiger charge is -2.16. The van der Waals surface area contributed by atoms with Crippen molar-refractivity contribution >= 4 is 33.7 Å². The van der Waals surface area contributed by atoms with Crippen molar-refractivity contribution in [1.82, 2.24) is 4.57 Å². The number of esters is 1. The van der Waals surface area contributed by atoms with Crippen molar-refractivity contribution < 1.29 is 19.4 Å². The van der Waals surface area contributed by atoms with Gasteiger partial charge in [0.1, 0.15) is 6.04 Å². The number of ether oxygens (including phenoxy) is 1. The van der Waals surface area contributed by atoms with Crippen molar-refractivity contribution in [1.29, 1.82) is 0 Å². The first-order valence-corrected chi connectivity index (χ1v) is 8.06. The van der Waals surface area contributed by atoms with Crippen LogP contribution in [0.5, 0.6) is 0 Å². The zero-order valence-corrected chi connectivity index (χ0v) is 13.9. The molecule has 1 atom stereocenters. The molecule has 5 nitrogen and oxygen atoms in total. The zero-order valence-electron chi connectivity index (χ0n) is 13.9. The van der Waals surface area contributed by atoms with E-state index in [0.29, 0.717) is 0 Å². The molecule has 25 heavy (non-hydrogen) atoms. The number of carbonyl (C=O) groups excluding carboxylic acids is 1. The molecule has 0 saturated carbocycles. The van der Waals surface area contributed by atoms with E-state index in [1.807, 2.05) is 53.1 Å². The lowest BCUT2D eigenvalue weighted by atomic mass is 10.2. The first kappa shape index (κ1) is 16.8. The summed E-state index contributed by atoms with van der Waals surface area (Å²) in [6.07, 6.45) is 0.112. The first-order chi connectivity index (χ1) is 12.0. The number of carboxylic acids is 1. The second-order valence-electron chi connectivity index (χ2n) is 5.91. The summed E-state index contributed by atoms with van der Waals surface area (Å²) in [5.41, 5.74) is 1.95. The van der Waals surface area contributed by atoms with E-state index in [-0.39, 0.29) is 18.6 Å². The summed E-state index contributed by atoms with van der Waals surface area (Å²) >= 11 is 0. The molecule has 3 rings (SSSR count). The molecule has 1 heterocycles. The van der Waals surface area contributed by atoms with Gasteiger partial charge in [-0.1, -0.05) is 43.0 Å². The van der Waals surface area contributed by atoms with Crippen molar-refractivity contribution in [3.63, 3.8) is 0 Å². The number of para-hydroxylation sites is 2. The molecule has 0 radical (unpaired) electrons. The van der Waals surface area contributed by atoms with E-state index in [1.54, 1.807) is 6.92 Å². The predicted molar refractivity (Wildman–Crippen MR) is 96.5 cm³/mol. The Bertz CT molecular complexity index is 917. The number of hydrogen-bond acceptors (Lipinski definition) is 3. The molecule has 5 heteroatoms. The van der Waals surface area contributed by atoms with E-state index in [2.05, 4.69) is 6.58 Å². The van der Waals surface area contributed by atoms with Gasteiger partial charge in [0.25, 0.3) is 0 Å². The lowest BCUT2D eigenvalue weighted by Crippen LogP contribution is -2.20. The maximum atomic E-state index is 12.5. The van der Waals surface area contributed by atoms with E-state index in [9.17, 15) is 9.59 Å². The van der Waals surface area contributed by atoms with Crippen LogP contribution < -0.4 is 0 Å². The molecule has 0 aliphatic rings. The highest BCUT2D eigenvalue weighted by Crippen LogP contribution is 2.31. The molecule has 0 spiro atoms. The molecule has 3 aromatic rings. The number of aliphatic carboxylic acids is 1. The Balaban J connectivity index is 1.88. The predicted octanol–water partition coefficient (Wildman–Crippen LogP) is 3.93. The quantitative estimate of drug-likeness (QED) is 0.546. The summed E-state index contributed by atoms with van der Waals surface area (Å²) in [4.78, 5) is 23.2. The van der Waals surface area contributed by atoms with Gasteiger partial charge in [-0.3, -0.25) is 0 Å². The minimum atomic E-state index is -1.08. The van der Waals surface area contributed by atoms with Crippen LogP contribution in [0.2, 0.25) is 0 Å². The first-order valence-electron chi connectivity index (χ1n) is 8.06. The van der Waals surface area contributed by atoms with Gasteiger partial charge < -0.3 is 14.4 Å². The monoisotopic (exact) mass is 337 g/mol. The third-order valence-electron chi connectivity index (χ3n) is 4.30. The summed E-state index contributed by atoms with van der Waals surface area (Å²) in [6, 6.07) is 15.3. The second-order valence-corrected chi connectivity index (χ2v) is 5.91.